The molecule has 1 aromatic rings. The van der Waals surface area contributed by atoms with Crippen molar-refractivity contribution >= 4 is 28.3 Å². The maximum absolute atomic E-state index is 3.59. The Bertz CT molecular complexity index is 271. The lowest BCUT2D eigenvalue weighted by molar-refractivity contribution is 1.31. The molecule has 0 bridgehead atoms. The second-order valence-corrected chi connectivity index (χ2v) is 3.14. The second kappa shape index (κ2) is 3.53. The van der Waals surface area contributed by atoms with E-state index in [1.165, 1.54) is 0 Å². The third-order valence-corrected chi connectivity index (χ3v) is 1.89. The molecule has 58 valence electrons. The fourth-order valence-electron chi connectivity index (χ4n) is 0.800. The van der Waals surface area contributed by atoms with Crippen LogP contribution in [0.4, 0.5) is 5.69 Å². The highest BCUT2D eigenvalue weighted by atomic mass is 79.9. The van der Waals surface area contributed by atoms with Crippen molar-refractivity contribution in [3.05, 3.63) is 28.2 Å². The summed E-state index contributed by atoms with van der Waals surface area (Å²) >= 11 is 3.36. The molecule has 1 rings (SSSR count). The van der Waals surface area contributed by atoms with E-state index in [-0.39, 0.29) is 0 Å². The van der Waals surface area contributed by atoms with Crippen LogP contribution in [-0.2, 0) is 0 Å². The van der Waals surface area contributed by atoms with Crippen LogP contribution in [0.1, 0.15) is 5.56 Å². The number of anilines is 1. The number of nitrogens with zero attached hydrogens (tertiary/aromatic N) is 1. The first-order valence-electron chi connectivity index (χ1n) is 3.22. The van der Waals surface area contributed by atoms with Gasteiger partial charge in [0.05, 0.1) is 5.69 Å². The van der Waals surface area contributed by atoms with E-state index in [9.17, 15) is 0 Å². The van der Waals surface area contributed by atoms with Gasteiger partial charge in [-0.1, -0.05) is 22.0 Å². The fraction of sp³-hybridized carbons (Fsp3) is 0.125. The summed E-state index contributed by atoms with van der Waals surface area (Å²) in [4.78, 5) is 0. The average Bonchev–Trinajstić information content (AvgIpc) is 1.98. The molecule has 0 unspecified atom stereocenters. The molecule has 1 N–H and O–H groups in total. The minimum atomic E-state index is 0.981. The molecule has 0 radical (unpaired) electrons. The zero-order valence-electron chi connectivity index (χ0n) is 6.26. The van der Waals surface area contributed by atoms with Crippen LogP contribution >= 0.6 is 15.9 Å². The summed E-state index contributed by atoms with van der Waals surface area (Å²) in [7, 11) is 0. The minimum Gasteiger partial charge on any atom is -0.279 e. The molecule has 0 spiro atoms. The van der Waals surface area contributed by atoms with Crippen molar-refractivity contribution in [3.8, 4) is 0 Å². The standard InChI is InChI=1S/C8H9BrN2/c1-6-3-4-7(9)5-8(6)11-10-2/h3-5,11H,2H2,1H3. The van der Waals surface area contributed by atoms with Gasteiger partial charge in [0, 0.05) is 11.2 Å². The Kier molecular flexibility index (Phi) is 2.65. The van der Waals surface area contributed by atoms with Gasteiger partial charge in [0.25, 0.3) is 0 Å². The molecule has 0 fully saturated rings. The predicted molar refractivity (Wildman–Crippen MR) is 52.1 cm³/mol. The van der Waals surface area contributed by atoms with Gasteiger partial charge < -0.3 is 0 Å². The van der Waals surface area contributed by atoms with Crippen molar-refractivity contribution in [2.75, 3.05) is 5.43 Å². The second-order valence-electron chi connectivity index (χ2n) is 2.23. The molecule has 0 aliphatic heterocycles. The van der Waals surface area contributed by atoms with E-state index >= 15 is 0 Å². The van der Waals surface area contributed by atoms with Gasteiger partial charge in [-0.05, 0) is 24.6 Å². The van der Waals surface area contributed by atoms with Crippen LogP contribution < -0.4 is 5.43 Å². The van der Waals surface area contributed by atoms with Gasteiger partial charge in [-0.15, -0.1) is 0 Å². The van der Waals surface area contributed by atoms with Gasteiger partial charge in [-0.25, -0.2) is 0 Å². The molecule has 3 heteroatoms. The first kappa shape index (κ1) is 8.27. The number of aryl methyl sites for hydroxylation is 1. The van der Waals surface area contributed by atoms with E-state index in [0.717, 1.165) is 15.7 Å². The van der Waals surface area contributed by atoms with E-state index < -0.39 is 0 Å². The van der Waals surface area contributed by atoms with Crippen LogP contribution in [0.3, 0.4) is 0 Å². The van der Waals surface area contributed by atoms with Crippen molar-refractivity contribution < 1.29 is 0 Å². The highest BCUT2D eigenvalue weighted by Crippen LogP contribution is 2.20. The maximum Gasteiger partial charge on any atom is 0.0601 e. The van der Waals surface area contributed by atoms with Gasteiger partial charge in [0.1, 0.15) is 0 Å². The summed E-state index contributed by atoms with van der Waals surface area (Å²) in [6, 6.07) is 5.96. The molecule has 0 aromatic heterocycles. The van der Waals surface area contributed by atoms with Crippen LogP contribution in [0.5, 0.6) is 0 Å². The Morgan fingerprint density at radius 2 is 2.27 bits per heavy atom. The summed E-state index contributed by atoms with van der Waals surface area (Å²) in [5, 5.41) is 3.59. The molecule has 0 atom stereocenters. The van der Waals surface area contributed by atoms with Gasteiger partial charge in [-0.3, -0.25) is 5.43 Å². The van der Waals surface area contributed by atoms with E-state index in [1.54, 1.807) is 0 Å². The summed E-state index contributed by atoms with van der Waals surface area (Å²) in [6.07, 6.45) is 0. The SMILES string of the molecule is C=NNc1cc(Br)ccc1C. The zero-order valence-corrected chi connectivity index (χ0v) is 7.85. The lowest BCUT2D eigenvalue weighted by atomic mass is 10.2. The number of hydrazone groups is 1. The topological polar surface area (TPSA) is 24.4 Å². The Morgan fingerprint density at radius 3 is 2.91 bits per heavy atom. The van der Waals surface area contributed by atoms with E-state index in [1.807, 2.05) is 25.1 Å². The van der Waals surface area contributed by atoms with Crippen LogP contribution in [0.25, 0.3) is 0 Å². The highest BCUT2D eigenvalue weighted by Gasteiger charge is 1.95. The summed E-state index contributed by atoms with van der Waals surface area (Å²) in [5.41, 5.74) is 4.93. The van der Waals surface area contributed by atoms with E-state index in [4.69, 9.17) is 0 Å². The predicted octanol–water partition coefficient (Wildman–Crippen LogP) is 2.79. The number of benzene rings is 1. The fourth-order valence-corrected chi connectivity index (χ4v) is 1.16. The minimum absolute atomic E-state index is 0.981. The summed E-state index contributed by atoms with van der Waals surface area (Å²) < 4.78 is 1.04. The normalized spacial score (nSPS) is 9.27. The molecule has 0 saturated heterocycles. The zero-order chi connectivity index (χ0) is 8.27. The van der Waals surface area contributed by atoms with Crippen molar-refractivity contribution in [2.24, 2.45) is 5.10 Å². The van der Waals surface area contributed by atoms with Gasteiger partial charge >= 0.3 is 0 Å². The molecule has 0 aliphatic rings. The molecule has 0 aliphatic carbocycles. The third kappa shape index (κ3) is 2.05. The van der Waals surface area contributed by atoms with Gasteiger partial charge in [0.2, 0.25) is 0 Å². The van der Waals surface area contributed by atoms with Crippen LogP contribution in [-0.4, -0.2) is 6.72 Å². The van der Waals surface area contributed by atoms with Crippen molar-refractivity contribution in [1.82, 2.24) is 0 Å². The van der Waals surface area contributed by atoms with Crippen molar-refractivity contribution in [3.63, 3.8) is 0 Å². The molecule has 0 saturated carbocycles. The molecule has 0 amide bonds. The molecule has 11 heavy (non-hydrogen) atoms. The third-order valence-electron chi connectivity index (χ3n) is 1.40. The largest absolute Gasteiger partial charge is 0.279 e. The van der Waals surface area contributed by atoms with E-state index in [0.29, 0.717) is 0 Å². The Labute approximate surface area is 74.4 Å². The number of halogens is 1. The first-order chi connectivity index (χ1) is 5.24. The monoisotopic (exact) mass is 212 g/mol. The van der Waals surface area contributed by atoms with Crippen LogP contribution in [0, 0.1) is 6.92 Å². The first-order valence-corrected chi connectivity index (χ1v) is 4.01. The maximum atomic E-state index is 3.59. The van der Waals surface area contributed by atoms with E-state index in [2.05, 4.69) is 33.2 Å². The smallest absolute Gasteiger partial charge is 0.0601 e. The highest BCUT2D eigenvalue weighted by molar-refractivity contribution is 9.10. The Balaban J connectivity index is 3.01. The Hall–Kier alpha value is -0.830. The average molecular weight is 213 g/mol. The summed E-state index contributed by atoms with van der Waals surface area (Å²) in [6.45, 7) is 5.36. The number of hydrogen-bond donors (Lipinski definition) is 1. The number of hydrogen-bond acceptors (Lipinski definition) is 2. The van der Waals surface area contributed by atoms with Gasteiger partial charge in [-0.2, -0.15) is 5.10 Å². The number of rotatable bonds is 2. The van der Waals surface area contributed by atoms with Crippen molar-refractivity contribution in [2.45, 2.75) is 6.92 Å². The Morgan fingerprint density at radius 1 is 1.55 bits per heavy atom. The molecular weight excluding hydrogens is 204 g/mol. The molecular formula is C8H9BrN2. The molecule has 1 aromatic carbocycles. The van der Waals surface area contributed by atoms with Crippen molar-refractivity contribution in [1.29, 1.82) is 0 Å². The van der Waals surface area contributed by atoms with Crippen LogP contribution in [0.15, 0.2) is 27.8 Å². The molecule has 2 nitrogen and oxygen atoms in total. The summed E-state index contributed by atoms with van der Waals surface area (Å²) in [5.74, 6) is 0. The van der Waals surface area contributed by atoms with Gasteiger partial charge in [0.15, 0.2) is 0 Å². The quantitative estimate of drug-likeness (QED) is 0.592. The lowest BCUT2D eigenvalue weighted by Crippen LogP contribution is -1.89. The van der Waals surface area contributed by atoms with Crippen LogP contribution in [0.2, 0.25) is 0 Å². The number of nitrogens with one attached hydrogen (secondary N) is 1. The lowest BCUT2D eigenvalue weighted by Gasteiger charge is -2.03. The molecule has 0 heterocycles.